The molecule has 0 aliphatic carbocycles. The molecule has 1 aromatic heterocycles. The van der Waals surface area contributed by atoms with Crippen LogP contribution in [-0.4, -0.2) is 11.3 Å². The summed E-state index contributed by atoms with van der Waals surface area (Å²) in [5.74, 6) is 0.516. The van der Waals surface area contributed by atoms with Crippen LogP contribution in [0, 0.1) is 0 Å². The Balaban J connectivity index is 1.99. The van der Waals surface area contributed by atoms with Gasteiger partial charge in [-0.15, -0.1) is 0 Å². The smallest absolute Gasteiger partial charge is 0.226 e. The topological polar surface area (TPSA) is 43.1 Å². The SMILES string of the molecule is O=Cc1cccc(-c2nc(-c3ccccc3)co2)c1. The lowest BCUT2D eigenvalue weighted by atomic mass is 10.1. The maximum Gasteiger partial charge on any atom is 0.226 e. The van der Waals surface area contributed by atoms with Crippen molar-refractivity contribution in [2.24, 2.45) is 0 Å². The van der Waals surface area contributed by atoms with Crippen LogP contribution in [0.3, 0.4) is 0 Å². The van der Waals surface area contributed by atoms with Gasteiger partial charge in [0, 0.05) is 16.7 Å². The third kappa shape index (κ3) is 2.31. The number of nitrogens with zero attached hydrogens (tertiary/aromatic N) is 1. The van der Waals surface area contributed by atoms with Crippen molar-refractivity contribution in [1.29, 1.82) is 0 Å². The van der Waals surface area contributed by atoms with Crippen LogP contribution in [0.2, 0.25) is 0 Å². The van der Waals surface area contributed by atoms with Gasteiger partial charge < -0.3 is 4.42 Å². The first-order valence-electron chi connectivity index (χ1n) is 5.93. The van der Waals surface area contributed by atoms with Gasteiger partial charge in [0.15, 0.2) is 0 Å². The zero-order chi connectivity index (χ0) is 13.1. The number of rotatable bonds is 3. The lowest BCUT2D eigenvalue weighted by Gasteiger charge is -1.96. The van der Waals surface area contributed by atoms with Crippen LogP contribution in [0.15, 0.2) is 65.3 Å². The quantitative estimate of drug-likeness (QED) is 0.663. The zero-order valence-corrected chi connectivity index (χ0v) is 10.1. The predicted octanol–water partition coefficient (Wildman–Crippen LogP) is 3.82. The molecule has 2 aromatic carbocycles. The van der Waals surface area contributed by atoms with Gasteiger partial charge in [-0.25, -0.2) is 4.98 Å². The van der Waals surface area contributed by atoms with E-state index in [0.29, 0.717) is 11.5 Å². The maximum atomic E-state index is 10.8. The minimum absolute atomic E-state index is 0.516. The van der Waals surface area contributed by atoms with Crippen molar-refractivity contribution in [3.8, 4) is 22.7 Å². The standard InChI is InChI=1S/C16H11NO2/c18-10-12-5-4-8-14(9-12)16-17-15(11-19-16)13-6-2-1-3-7-13/h1-11H. The molecule has 0 atom stereocenters. The molecule has 0 fully saturated rings. The molecule has 3 nitrogen and oxygen atoms in total. The predicted molar refractivity (Wildman–Crippen MR) is 72.8 cm³/mol. The number of oxazole rings is 1. The third-order valence-electron chi connectivity index (χ3n) is 2.84. The highest BCUT2D eigenvalue weighted by molar-refractivity contribution is 5.77. The first kappa shape index (κ1) is 11.4. The van der Waals surface area contributed by atoms with Crippen LogP contribution in [0.4, 0.5) is 0 Å². The summed E-state index contributed by atoms with van der Waals surface area (Å²) in [6, 6.07) is 17.0. The highest BCUT2D eigenvalue weighted by atomic mass is 16.3. The molecule has 0 spiro atoms. The van der Waals surface area contributed by atoms with Crippen LogP contribution in [0.1, 0.15) is 10.4 Å². The van der Waals surface area contributed by atoms with Crippen molar-refractivity contribution in [2.75, 3.05) is 0 Å². The Morgan fingerprint density at radius 2 is 1.74 bits per heavy atom. The van der Waals surface area contributed by atoms with E-state index < -0.39 is 0 Å². The molecule has 92 valence electrons. The molecule has 0 N–H and O–H groups in total. The molecule has 0 bridgehead atoms. The van der Waals surface area contributed by atoms with E-state index in [1.165, 1.54) is 0 Å². The van der Waals surface area contributed by atoms with E-state index in [-0.39, 0.29) is 0 Å². The van der Waals surface area contributed by atoms with Crippen molar-refractivity contribution in [1.82, 2.24) is 4.98 Å². The van der Waals surface area contributed by atoms with Gasteiger partial charge in [0.1, 0.15) is 18.2 Å². The van der Waals surface area contributed by atoms with E-state index in [4.69, 9.17) is 4.42 Å². The van der Waals surface area contributed by atoms with Crippen molar-refractivity contribution in [3.05, 3.63) is 66.4 Å². The molecule has 0 radical (unpaired) electrons. The highest BCUT2D eigenvalue weighted by Crippen LogP contribution is 2.24. The normalized spacial score (nSPS) is 10.3. The van der Waals surface area contributed by atoms with Crippen LogP contribution in [-0.2, 0) is 0 Å². The number of hydrogen-bond donors (Lipinski definition) is 0. The number of carbonyl (C=O) groups excluding carboxylic acids is 1. The van der Waals surface area contributed by atoms with Crippen molar-refractivity contribution in [2.45, 2.75) is 0 Å². The highest BCUT2D eigenvalue weighted by Gasteiger charge is 2.08. The summed E-state index contributed by atoms with van der Waals surface area (Å²) in [7, 11) is 0. The lowest BCUT2D eigenvalue weighted by molar-refractivity contribution is 0.112. The summed E-state index contributed by atoms with van der Waals surface area (Å²) in [5.41, 5.74) is 3.19. The van der Waals surface area contributed by atoms with E-state index in [0.717, 1.165) is 23.1 Å². The number of carbonyl (C=O) groups is 1. The van der Waals surface area contributed by atoms with Crippen molar-refractivity contribution in [3.63, 3.8) is 0 Å². The van der Waals surface area contributed by atoms with Gasteiger partial charge in [-0.1, -0.05) is 42.5 Å². The summed E-state index contributed by atoms with van der Waals surface area (Å²) in [5, 5.41) is 0. The number of hydrogen-bond acceptors (Lipinski definition) is 3. The van der Waals surface area contributed by atoms with Gasteiger partial charge in [0.2, 0.25) is 5.89 Å². The summed E-state index contributed by atoms with van der Waals surface area (Å²) >= 11 is 0. The Bertz CT molecular complexity index is 702. The van der Waals surface area contributed by atoms with Crippen LogP contribution < -0.4 is 0 Å². The monoisotopic (exact) mass is 249 g/mol. The largest absolute Gasteiger partial charge is 0.444 e. The Morgan fingerprint density at radius 3 is 2.53 bits per heavy atom. The Labute approximate surface area is 110 Å². The molecule has 0 saturated carbocycles. The van der Waals surface area contributed by atoms with Gasteiger partial charge in [0.05, 0.1) is 0 Å². The molecule has 19 heavy (non-hydrogen) atoms. The molecule has 0 unspecified atom stereocenters. The van der Waals surface area contributed by atoms with E-state index in [2.05, 4.69) is 4.98 Å². The van der Waals surface area contributed by atoms with E-state index in [1.807, 2.05) is 42.5 Å². The van der Waals surface area contributed by atoms with Crippen molar-refractivity contribution < 1.29 is 9.21 Å². The Morgan fingerprint density at radius 1 is 0.947 bits per heavy atom. The van der Waals surface area contributed by atoms with Gasteiger partial charge in [-0.05, 0) is 12.1 Å². The fraction of sp³-hybridized carbons (Fsp3) is 0. The Hall–Kier alpha value is -2.68. The molecule has 3 aromatic rings. The number of benzene rings is 2. The van der Waals surface area contributed by atoms with Gasteiger partial charge in [0.25, 0.3) is 0 Å². The molecular weight excluding hydrogens is 238 g/mol. The zero-order valence-electron chi connectivity index (χ0n) is 10.1. The fourth-order valence-electron chi connectivity index (χ4n) is 1.89. The van der Waals surface area contributed by atoms with Crippen LogP contribution in [0.5, 0.6) is 0 Å². The average molecular weight is 249 g/mol. The maximum absolute atomic E-state index is 10.8. The first-order valence-corrected chi connectivity index (χ1v) is 5.93. The molecule has 0 aliphatic rings. The summed E-state index contributed by atoms with van der Waals surface area (Å²) < 4.78 is 5.48. The van der Waals surface area contributed by atoms with Crippen LogP contribution in [0.25, 0.3) is 22.7 Å². The number of aromatic nitrogens is 1. The molecule has 3 rings (SSSR count). The summed E-state index contributed by atoms with van der Waals surface area (Å²) in [4.78, 5) is 15.2. The van der Waals surface area contributed by atoms with Crippen molar-refractivity contribution >= 4 is 6.29 Å². The first-order chi connectivity index (χ1) is 9.36. The van der Waals surface area contributed by atoms with E-state index >= 15 is 0 Å². The second-order valence-electron chi connectivity index (χ2n) is 4.15. The van der Waals surface area contributed by atoms with E-state index in [1.54, 1.807) is 18.4 Å². The minimum atomic E-state index is 0.516. The number of aldehydes is 1. The molecule has 0 aliphatic heterocycles. The van der Waals surface area contributed by atoms with Crippen LogP contribution >= 0.6 is 0 Å². The summed E-state index contributed by atoms with van der Waals surface area (Å²) in [6.07, 6.45) is 2.43. The molecule has 3 heteroatoms. The second-order valence-corrected chi connectivity index (χ2v) is 4.15. The molecule has 1 heterocycles. The molecular formula is C16H11NO2. The third-order valence-corrected chi connectivity index (χ3v) is 2.84. The van der Waals surface area contributed by atoms with Gasteiger partial charge in [-0.3, -0.25) is 4.79 Å². The van der Waals surface area contributed by atoms with Gasteiger partial charge in [-0.2, -0.15) is 0 Å². The minimum Gasteiger partial charge on any atom is -0.444 e. The molecule has 0 saturated heterocycles. The Kier molecular flexibility index (Phi) is 2.94. The second kappa shape index (κ2) is 4.90. The summed E-state index contributed by atoms with van der Waals surface area (Å²) in [6.45, 7) is 0. The molecule has 0 amide bonds. The fourth-order valence-corrected chi connectivity index (χ4v) is 1.89. The average Bonchev–Trinajstić information content (AvgIpc) is 2.98. The lowest BCUT2D eigenvalue weighted by Crippen LogP contribution is -1.83. The van der Waals surface area contributed by atoms with E-state index in [9.17, 15) is 4.79 Å². The van der Waals surface area contributed by atoms with Gasteiger partial charge >= 0.3 is 0 Å².